The van der Waals surface area contributed by atoms with E-state index < -0.39 is 27.3 Å². The molecule has 2 N–H and O–H groups in total. The lowest BCUT2D eigenvalue weighted by molar-refractivity contribution is 0.0141. The highest BCUT2D eigenvalue weighted by atomic mass is 32.2. The fourth-order valence-corrected chi connectivity index (χ4v) is 7.80. The van der Waals surface area contributed by atoms with E-state index in [0.29, 0.717) is 36.8 Å². The highest BCUT2D eigenvalue weighted by molar-refractivity contribution is 7.91. The van der Waals surface area contributed by atoms with Crippen LogP contribution in [0.15, 0.2) is 82.7 Å². The molecule has 3 aromatic carbocycles. The van der Waals surface area contributed by atoms with Crippen molar-refractivity contribution in [3.8, 4) is 10.6 Å². The molecule has 0 unspecified atom stereocenters. The Bertz CT molecular complexity index is 2030. The topological polar surface area (TPSA) is 155 Å². The maximum absolute atomic E-state index is 13.2. The van der Waals surface area contributed by atoms with Gasteiger partial charge in [-0.05, 0) is 63.2 Å². The Morgan fingerprint density at radius 1 is 0.917 bits per heavy atom. The number of amides is 4. The average Bonchev–Trinajstić information content (AvgIpc) is 3.52. The van der Waals surface area contributed by atoms with Crippen molar-refractivity contribution in [3.63, 3.8) is 0 Å². The molecule has 1 saturated heterocycles. The third kappa shape index (κ3) is 6.80. The normalized spacial score (nSPS) is 15.4. The van der Waals surface area contributed by atoms with Crippen LogP contribution in [0.4, 0.5) is 10.5 Å². The van der Waals surface area contributed by atoms with Crippen LogP contribution in [0.1, 0.15) is 56.7 Å². The van der Waals surface area contributed by atoms with Gasteiger partial charge in [-0.3, -0.25) is 14.4 Å². The quantitative estimate of drug-likeness (QED) is 0.302. The summed E-state index contributed by atoms with van der Waals surface area (Å²) < 4.78 is 31.9. The molecule has 1 aromatic heterocycles. The Kier molecular flexibility index (Phi) is 8.79. The summed E-state index contributed by atoms with van der Waals surface area (Å²) in [5.74, 6) is -1.14. The van der Waals surface area contributed by atoms with E-state index in [0.717, 1.165) is 10.4 Å². The predicted molar refractivity (Wildman–Crippen MR) is 179 cm³/mol. The zero-order valence-electron chi connectivity index (χ0n) is 26.5. The average molecular weight is 688 g/mol. The number of anilines is 1. The molecule has 12 nitrogen and oxygen atoms in total. The van der Waals surface area contributed by atoms with Crippen molar-refractivity contribution < 1.29 is 32.3 Å². The lowest BCUT2D eigenvalue weighted by atomic mass is 10.1. The number of nitrogens with zero attached hydrogens (tertiary/aromatic N) is 3. The Balaban J connectivity index is 1.05. The molecule has 0 saturated carbocycles. The number of fused-ring (bicyclic) bond motifs is 2. The molecular weight excluding hydrogens is 655 g/mol. The summed E-state index contributed by atoms with van der Waals surface area (Å²) in [4.78, 5) is 59.6. The number of hydrogen-bond acceptors (Lipinski definition) is 9. The number of benzene rings is 3. The van der Waals surface area contributed by atoms with Crippen molar-refractivity contribution in [2.24, 2.45) is 0 Å². The third-order valence-electron chi connectivity index (χ3n) is 7.77. The smallest absolute Gasteiger partial charge is 0.410 e. The molecule has 6 rings (SSSR count). The molecular formula is C34H33N5O7S2. The lowest BCUT2D eigenvalue weighted by Crippen LogP contribution is -2.51. The van der Waals surface area contributed by atoms with Crippen molar-refractivity contribution in [2.75, 3.05) is 31.5 Å². The van der Waals surface area contributed by atoms with Crippen LogP contribution in [0.25, 0.3) is 10.6 Å². The molecule has 1 fully saturated rings. The monoisotopic (exact) mass is 687 g/mol. The Morgan fingerprint density at radius 2 is 1.58 bits per heavy atom. The van der Waals surface area contributed by atoms with Crippen LogP contribution in [0.3, 0.4) is 0 Å². The van der Waals surface area contributed by atoms with E-state index in [-0.39, 0.29) is 45.2 Å². The highest BCUT2D eigenvalue weighted by Gasteiger charge is 2.32. The van der Waals surface area contributed by atoms with Crippen molar-refractivity contribution in [2.45, 2.75) is 42.7 Å². The molecule has 248 valence electrons. The van der Waals surface area contributed by atoms with Gasteiger partial charge in [0, 0.05) is 53.9 Å². The van der Waals surface area contributed by atoms with Crippen LogP contribution in [0.5, 0.6) is 0 Å². The van der Waals surface area contributed by atoms with E-state index >= 15 is 0 Å². The second kappa shape index (κ2) is 12.8. The number of piperazine rings is 1. The second-order valence-corrected chi connectivity index (χ2v) is 15.3. The first kappa shape index (κ1) is 32.8. The predicted octanol–water partition coefficient (Wildman–Crippen LogP) is 4.83. The number of hydrogen-bond donors (Lipinski definition) is 2. The standard InChI is InChI=1S/C34H33N5O7S2/c1-34(2,3)46-33(43)39-16-14-38(15-17-39)32(42)22-10-8-21(9-11-22)31-36-20-24(47-31)19-35-29(40)23-12-13-28-26(18-23)37-30(41)25-6-4-5-7-27(25)48(28,44)45/h4-13,18,20H,14-17,19H2,1-3H3,(H,35,40)(H,37,41). The molecule has 0 atom stereocenters. The van der Waals surface area contributed by atoms with Crippen LogP contribution in [0.2, 0.25) is 0 Å². The molecule has 2 aliphatic heterocycles. The van der Waals surface area contributed by atoms with Gasteiger partial charge in [0.2, 0.25) is 9.84 Å². The molecule has 14 heteroatoms. The Hall–Kier alpha value is -5.08. The fraction of sp³-hybridized carbons (Fsp3) is 0.265. The van der Waals surface area contributed by atoms with E-state index in [9.17, 15) is 27.6 Å². The van der Waals surface area contributed by atoms with Gasteiger partial charge < -0.3 is 25.2 Å². The number of aromatic nitrogens is 1. The maximum atomic E-state index is 13.2. The van der Waals surface area contributed by atoms with E-state index in [1.54, 1.807) is 40.3 Å². The van der Waals surface area contributed by atoms with Gasteiger partial charge in [0.25, 0.3) is 17.7 Å². The van der Waals surface area contributed by atoms with E-state index in [4.69, 9.17) is 4.74 Å². The minimum absolute atomic E-state index is 0.0360. The van der Waals surface area contributed by atoms with E-state index in [2.05, 4.69) is 15.6 Å². The number of sulfone groups is 1. The van der Waals surface area contributed by atoms with Gasteiger partial charge in [-0.25, -0.2) is 18.2 Å². The van der Waals surface area contributed by atoms with Crippen LogP contribution < -0.4 is 10.6 Å². The van der Waals surface area contributed by atoms with Crippen LogP contribution in [-0.4, -0.2) is 78.8 Å². The van der Waals surface area contributed by atoms with E-state index in [1.807, 2.05) is 32.9 Å². The summed E-state index contributed by atoms with van der Waals surface area (Å²) in [6.45, 7) is 7.25. The van der Waals surface area contributed by atoms with Crippen LogP contribution >= 0.6 is 11.3 Å². The summed E-state index contributed by atoms with van der Waals surface area (Å²) >= 11 is 1.38. The minimum atomic E-state index is -3.98. The van der Waals surface area contributed by atoms with Gasteiger partial charge in [-0.15, -0.1) is 11.3 Å². The van der Waals surface area contributed by atoms with Gasteiger partial charge in [0.15, 0.2) is 0 Å². The first-order valence-corrected chi connectivity index (χ1v) is 17.5. The maximum Gasteiger partial charge on any atom is 0.410 e. The minimum Gasteiger partial charge on any atom is -0.444 e. The number of nitrogens with one attached hydrogen (secondary N) is 2. The molecule has 3 heterocycles. The Labute approximate surface area is 281 Å². The summed E-state index contributed by atoms with van der Waals surface area (Å²) in [7, 11) is -3.98. The van der Waals surface area contributed by atoms with Gasteiger partial charge in [-0.2, -0.15) is 0 Å². The first-order valence-electron chi connectivity index (χ1n) is 15.2. The SMILES string of the molecule is CC(C)(C)OC(=O)N1CCN(C(=O)c2ccc(-c3ncc(CNC(=O)c4ccc5c(c4)NC(=O)c4ccccc4S5(=O)=O)s3)cc2)CC1. The molecule has 0 bridgehead atoms. The second-order valence-electron chi connectivity index (χ2n) is 12.3. The van der Waals surface area contributed by atoms with Crippen molar-refractivity contribution in [1.29, 1.82) is 0 Å². The fourth-order valence-electron chi connectivity index (χ4n) is 5.35. The van der Waals surface area contributed by atoms with Gasteiger partial charge >= 0.3 is 6.09 Å². The van der Waals surface area contributed by atoms with E-state index in [1.165, 1.54) is 41.7 Å². The molecule has 2 aliphatic rings. The molecule has 4 aromatic rings. The Morgan fingerprint density at radius 3 is 2.29 bits per heavy atom. The summed E-state index contributed by atoms with van der Waals surface area (Å²) in [5.41, 5.74) is 1.02. The summed E-state index contributed by atoms with van der Waals surface area (Å²) in [6.07, 6.45) is 1.28. The van der Waals surface area contributed by atoms with Gasteiger partial charge in [0.05, 0.1) is 27.6 Å². The number of carbonyl (C=O) groups is 4. The summed E-state index contributed by atoms with van der Waals surface area (Å²) in [6, 6.07) is 17.2. The largest absolute Gasteiger partial charge is 0.444 e. The third-order valence-corrected chi connectivity index (χ3v) is 10.7. The van der Waals surface area contributed by atoms with Crippen molar-refractivity contribution in [3.05, 3.63) is 94.5 Å². The number of ether oxygens (including phenoxy) is 1. The zero-order valence-corrected chi connectivity index (χ0v) is 28.1. The lowest BCUT2D eigenvalue weighted by Gasteiger charge is -2.35. The zero-order chi connectivity index (χ0) is 34.2. The van der Waals surface area contributed by atoms with Crippen molar-refractivity contribution in [1.82, 2.24) is 20.1 Å². The highest BCUT2D eigenvalue weighted by Crippen LogP contribution is 2.34. The molecule has 0 aliphatic carbocycles. The first-order chi connectivity index (χ1) is 22.8. The molecule has 0 radical (unpaired) electrons. The summed E-state index contributed by atoms with van der Waals surface area (Å²) in [5, 5.41) is 6.15. The van der Waals surface area contributed by atoms with Crippen LogP contribution in [-0.2, 0) is 21.1 Å². The van der Waals surface area contributed by atoms with Crippen LogP contribution in [0, 0.1) is 0 Å². The number of thiazole rings is 1. The molecule has 4 amide bonds. The number of rotatable bonds is 5. The van der Waals surface area contributed by atoms with Crippen molar-refractivity contribution >= 4 is 50.7 Å². The van der Waals surface area contributed by atoms with Gasteiger partial charge in [0.1, 0.15) is 10.6 Å². The van der Waals surface area contributed by atoms with Gasteiger partial charge in [-0.1, -0.05) is 24.3 Å². The number of carbonyl (C=O) groups excluding carboxylic acids is 4. The molecule has 0 spiro atoms. The molecule has 48 heavy (non-hydrogen) atoms.